The second kappa shape index (κ2) is 6.38. The summed E-state index contributed by atoms with van der Waals surface area (Å²) in [6.45, 7) is 3.66. The lowest BCUT2D eigenvalue weighted by Crippen LogP contribution is -2.18. The molecule has 0 radical (unpaired) electrons. The highest BCUT2D eigenvalue weighted by Gasteiger charge is 2.05. The van der Waals surface area contributed by atoms with Gasteiger partial charge in [-0.05, 0) is 24.6 Å². The molecular weight excluding hydrogens is 260 g/mol. The first-order chi connectivity index (χ1) is 9.19. The maximum absolute atomic E-state index is 5.88. The van der Waals surface area contributed by atoms with E-state index in [0.717, 1.165) is 29.7 Å². The van der Waals surface area contributed by atoms with Gasteiger partial charge in [-0.1, -0.05) is 23.7 Å². The van der Waals surface area contributed by atoms with Crippen molar-refractivity contribution >= 4 is 23.2 Å². The van der Waals surface area contributed by atoms with Crippen molar-refractivity contribution in [1.82, 2.24) is 9.97 Å². The number of hydrogen-bond acceptors (Lipinski definition) is 4. The van der Waals surface area contributed by atoms with Crippen molar-refractivity contribution in [3.63, 3.8) is 0 Å². The average molecular weight is 277 g/mol. The fraction of sp³-hybridized carbons (Fsp3) is 0.286. The molecule has 1 aromatic heterocycles. The van der Waals surface area contributed by atoms with Gasteiger partial charge in [0.2, 0.25) is 0 Å². The highest BCUT2D eigenvalue weighted by molar-refractivity contribution is 6.30. The minimum Gasteiger partial charge on any atom is -0.370 e. The molecule has 0 aliphatic carbocycles. The van der Waals surface area contributed by atoms with Gasteiger partial charge in [0.15, 0.2) is 0 Å². The van der Waals surface area contributed by atoms with Crippen molar-refractivity contribution in [3.05, 3.63) is 47.2 Å². The Hall–Kier alpha value is -1.81. The number of anilines is 2. The average Bonchev–Trinajstić information content (AvgIpc) is 2.42. The second-order valence-corrected chi connectivity index (χ2v) is 4.71. The molecule has 1 N–H and O–H groups in total. The maximum atomic E-state index is 5.88. The highest BCUT2D eigenvalue weighted by atomic mass is 35.5. The zero-order valence-corrected chi connectivity index (χ0v) is 11.9. The number of benzene rings is 1. The predicted molar refractivity (Wildman–Crippen MR) is 79.8 cm³/mol. The zero-order valence-electron chi connectivity index (χ0n) is 11.1. The van der Waals surface area contributed by atoms with Gasteiger partial charge in [-0.15, -0.1) is 0 Å². The number of rotatable bonds is 5. The van der Waals surface area contributed by atoms with Crippen LogP contribution in [-0.2, 0) is 6.54 Å². The van der Waals surface area contributed by atoms with E-state index < -0.39 is 0 Å². The van der Waals surface area contributed by atoms with Gasteiger partial charge in [-0.2, -0.15) is 0 Å². The summed E-state index contributed by atoms with van der Waals surface area (Å²) in [6.07, 6.45) is 1.58. The molecule has 0 amide bonds. The quantitative estimate of drug-likeness (QED) is 0.911. The Morgan fingerprint density at radius 1 is 1.21 bits per heavy atom. The number of nitrogens with zero attached hydrogens (tertiary/aromatic N) is 3. The lowest BCUT2D eigenvalue weighted by Gasteiger charge is -2.18. The normalized spacial score (nSPS) is 10.3. The van der Waals surface area contributed by atoms with Crippen molar-refractivity contribution in [2.24, 2.45) is 0 Å². The van der Waals surface area contributed by atoms with Crippen LogP contribution >= 0.6 is 11.6 Å². The third kappa shape index (κ3) is 3.83. The summed E-state index contributed by atoms with van der Waals surface area (Å²) in [6, 6.07) is 9.78. The predicted octanol–water partition coefficient (Wildman–Crippen LogP) is 3.20. The molecule has 0 saturated heterocycles. The molecule has 1 heterocycles. The van der Waals surface area contributed by atoms with Crippen LogP contribution in [0.25, 0.3) is 0 Å². The molecule has 19 heavy (non-hydrogen) atoms. The van der Waals surface area contributed by atoms with E-state index in [1.807, 2.05) is 44.3 Å². The summed E-state index contributed by atoms with van der Waals surface area (Å²) in [4.78, 5) is 10.5. The minimum absolute atomic E-state index is 0.753. The first-order valence-electron chi connectivity index (χ1n) is 6.20. The fourth-order valence-electron chi connectivity index (χ4n) is 1.78. The molecule has 0 aliphatic rings. The Morgan fingerprint density at radius 2 is 1.95 bits per heavy atom. The molecule has 100 valence electrons. The molecule has 0 fully saturated rings. The largest absolute Gasteiger partial charge is 0.370 e. The lowest BCUT2D eigenvalue weighted by molar-refractivity contribution is 0.890. The van der Waals surface area contributed by atoms with E-state index in [4.69, 9.17) is 11.6 Å². The molecule has 0 spiro atoms. The van der Waals surface area contributed by atoms with Crippen LogP contribution in [0.4, 0.5) is 11.6 Å². The standard InChI is InChI=1S/C14H17ClN4/c1-3-16-13-8-14(18-10-17-13)19(2)9-11-4-6-12(15)7-5-11/h4-8,10H,3,9H2,1-2H3,(H,16,17,18). The van der Waals surface area contributed by atoms with E-state index in [-0.39, 0.29) is 0 Å². The summed E-state index contributed by atoms with van der Waals surface area (Å²) in [7, 11) is 2.01. The number of nitrogens with one attached hydrogen (secondary N) is 1. The summed E-state index contributed by atoms with van der Waals surface area (Å²) in [5.41, 5.74) is 1.19. The van der Waals surface area contributed by atoms with Crippen LogP contribution in [0.1, 0.15) is 12.5 Å². The topological polar surface area (TPSA) is 41.0 Å². The van der Waals surface area contributed by atoms with E-state index in [2.05, 4.69) is 20.2 Å². The Labute approximate surface area is 118 Å². The van der Waals surface area contributed by atoms with Crippen molar-refractivity contribution in [3.8, 4) is 0 Å². The smallest absolute Gasteiger partial charge is 0.134 e. The van der Waals surface area contributed by atoms with Gasteiger partial charge in [0.05, 0.1) is 0 Å². The summed E-state index contributed by atoms with van der Waals surface area (Å²) < 4.78 is 0. The first-order valence-corrected chi connectivity index (χ1v) is 6.58. The van der Waals surface area contributed by atoms with Gasteiger partial charge in [-0.25, -0.2) is 9.97 Å². The molecule has 0 bridgehead atoms. The number of halogens is 1. The molecule has 0 unspecified atom stereocenters. The van der Waals surface area contributed by atoms with Crippen LogP contribution in [0.3, 0.4) is 0 Å². The fourth-order valence-corrected chi connectivity index (χ4v) is 1.90. The summed E-state index contributed by atoms with van der Waals surface area (Å²) in [5, 5.41) is 3.93. The Bertz CT molecular complexity index is 527. The van der Waals surface area contributed by atoms with Crippen molar-refractivity contribution in [2.45, 2.75) is 13.5 Å². The van der Waals surface area contributed by atoms with Gasteiger partial charge >= 0.3 is 0 Å². The third-order valence-corrected chi connectivity index (χ3v) is 2.99. The van der Waals surface area contributed by atoms with Crippen molar-refractivity contribution in [1.29, 1.82) is 0 Å². The van der Waals surface area contributed by atoms with Crippen LogP contribution in [-0.4, -0.2) is 23.6 Å². The molecule has 4 nitrogen and oxygen atoms in total. The van der Waals surface area contributed by atoms with Crippen LogP contribution in [0.15, 0.2) is 36.7 Å². The number of hydrogen-bond donors (Lipinski definition) is 1. The third-order valence-electron chi connectivity index (χ3n) is 2.73. The molecule has 5 heteroatoms. The van der Waals surface area contributed by atoms with E-state index >= 15 is 0 Å². The second-order valence-electron chi connectivity index (χ2n) is 4.27. The van der Waals surface area contributed by atoms with E-state index in [1.54, 1.807) is 6.33 Å². The molecule has 0 saturated carbocycles. The maximum Gasteiger partial charge on any atom is 0.134 e. The monoisotopic (exact) mass is 276 g/mol. The molecular formula is C14H17ClN4. The van der Waals surface area contributed by atoms with Gasteiger partial charge in [-0.3, -0.25) is 0 Å². The molecule has 0 atom stereocenters. The molecule has 1 aromatic carbocycles. The van der Waals surface area contributed by atoms with Crippen molar-refractivity contribution in [2.75, 3.05) is 23.8 Å². The van der Waals surface area contributed by atoms with E-state index in [0.29, 0.717) is 0 Å². The van der Waals surface area contributed by atoms with Crippen LogP contribution in [0.5, 0.6) is 0 Å². The molecule has 0 aliphatic heterocycles. The van der Waals surface area contributed by atoms with Crippen LogP contribution in [0.2, 0.25) is 5.02 Å². The molecule has 2 rings (SSSR count). The first kappa shape index (κ1) is 13.6. The van der Waals surface area contributed by atoms with Crippen LogP contribution in [0, 0.1) is 0 Å². The Morgan fingerprint density at radius 3 is 2.63 bits per heavy atom. The minimum atomic E-state index is 0.753. The van der Waals surface area contributed by atoms with Gasteiger partial charge < -0.3 is 10.2 Å². The summed E-state index contributed by atoms with van der Waals surface area (Å²) in [5.74, 6) is 1.73. The van der Waals surface area contributed by atoms with E-state index in [9.17, 15) is 0 Å². The summed E-state index contributed by atoms with van der Waals surface area (Å²) >= 11 is 5.88. The molecule has 2 aromatic rings. The van der Waals surface area contributed by atoms with Gasteiger partial charge in [0.25, 0.3) is 0 Å². The van der Waals surface area contributed by atoms with Gasteiger partial charge in [0, 0.05) is 31.2 Å². The zero-order chi connectivity index (χ0) is 13.7. The van der Waals surface area contributed by atoms with Crippen LogP contribution < -0.4 is 10.2 Å². The number of aromatic nitrogens is 2. The lowest BCUT2D eigenvalue weighted by atomic mass is 10.2. The van der Waals surface area contributed by atoms with E-state index in [1.165, 1.54) is 5.56 Å². The van der Waals surface area contributed by atoms with Crippen molar-refractivity contribution < 1.29 is 0 Å². The Balaban J connectivity index is 2.08. The highest BCUT2D eigenvalue weighted by Crippen LogP contribution is 2.16. The van der Waals surface area contributed by atoms with Gasteiger partial charge in [0.1, 0.15) is 18.0 Å². The Kier molecular flexibility index (Phi) is 4.58. The SMILES string of the molecule is CCNc1cc(N(C)Cc2ccc(Cl)cc2)ncn1.